The van der Waals surface area contributed by atoms with Crippen molar-refractivity contribution in [1.82, 2.24) is 4.31 Å². The fourth-order valence-electron chi connectivity index (χ4n) is 3.88. The summed E-state index contributed by atoms with van der Waals surface area (Å²) in [5.41, 5.74) is 0. The Morgan fingerprint density at radius 2 is 1.65 bits per heavy atom. The number of carbonyl (C=O) groups excluding carboxylic acids is 1. The zero-order valence-corrected chi connectivity index (χ0v) is 19.9. The van der Waals surface area contributed by atoms with Gasteiger partial charge in [0.05, 0.1) is 31.1 Å². The Labute approximate surface area is 199 Å². The Hall–Kier alpha value is -2.98. The summed E-state index contributed by atoms with van der Waals surface area (Å²) in [6, 6.07) is 11.8. The van der Waals surface area contributed by atoms with Gasteiger partial charge < -0.3 is 23.7 Å². The molecule has 2 heterocycles. The van der Waals surface area contributed by atoms with Crippen molar-refractivity contribution in [3.63, 3.8) is 0 Å². The quantitative estimate of drug-likeness (QED) is 0.411. The molecule has 10 heteroatoms. The molecule has 2 aliphatic rings. The van der Waals surface area contributed by atoms with Gasteiger partial charge in [0, 0.05) is 25.6 Å². The van der Waals surface area contributed by atoms with E-state index in [0.29, 0.717) is 43.3 Å². The Morgan fingerprint density at radius 3 is 2.35 bits per heavy atom. The molecular weight excluding hydrogens is 462 g/mol. The number of rotatable bonds is 8. The van der Waals surface area contributed by atoms with Crippen LogP contribution in [-0.4, -0.2) is 65.3 Å². The lowest BCUT2D eigenvalue weighted by molar-refractivity contribution is -0.150. The topological polar surface area (TPSA) is 101 Å². The van der Waals surface area contributed by atoms with Crippen molar-refractivity contribution < 1.29 is 36.9 Å². The Balaban J connectivity index is 1.24. The molecular formula is C24H29NO8S. The van der Waals surface area contributed by atoms with Crippen LogP contribution in [0.4, 0.5) is 0 Å². The van der Waals surface area contributed by atoms with Crippen LogP contribution in [0.2, 0.25) is 0 Å². The number of carbonyl (C=O) groups is 1. The highest BCUT2D eigenvalue weighted by Gasteiger charge is 2.33. The summed E-state index contributed by atoms with van der Waals surface area (Å²) in [5.74, 6) is 1.71. The second-order valence-corrected chi connectivity index (χ2v) is 9.97. The molecule has 0 unspecified atom stereocenters. The summed E-state index contributed by atoms with van der Waals surface area (Å²) in [6.07, 6.45) is 1.55. The maximum atomic E-state index is 13.1. The first-order chi connectivity index (χ1) is 16.5. The average molecular weight is 492 g/mol. The highest BCUT2D eigenvalue weighted by molar-refractivity contribution is 7.89. The standard InChI is InChI=1S/C24H29NO8S/c1-29-19-3-5-20(6-4-19)30-15-16-33-24(26)18-9-11-25(12-10-18)34(27,28)21-7-8-22-23(17-21)32-14-2-13-31-22/h3-8,17-18H,2,9-16H2,1H3. The van der Waals surface area contributed by atoms with Gasteiger partial charge in [-0.2, -0.15) is 4.31 Å². The molecule has 2 aliphatic heterocycles. The molecule has 9 nitrogen and oxygen atoms in total. The predicted molar refractivity (Wildman–Crippen MR) is 123 cm³/mol. The van der Waals surface area contributed by atoms with E-state index >= 15 is 0 Å². The third-order valence-electron chi connectivity index (χ3n) is 5.80. The predicted octanol–water partition coefficient (Wildman–Crippen LogP) is 2.88. The summed E-state index contributed by atoms with van der Waals surface area (Å²) < 4.78 is 54.8. The maximum Gasteiger partial charge on any atom is 0.309 e. The lowest BCUT2D eigenvalue weighted by atomic mass is 9.98. The van der Waals surface area contributed by atoms with Crippen LogP contribution in [0, 0.1) is 5.92 Å². The summed E-state index contributed by atoms with van der Waals surface area (Å²) >= 11 is 0. The lowest BCUT2D eigenvalue weighted by Gasteiger charge is -2.30. The number of hydrogen-bond acceptors (Lipinski definition) is 8. The second kappa shape index (κ2) is 11.0. The van der Waals surface area contributed by atoms with Gasteiger partial charge in [0.15, 0.2) is 11.5 Å². The Bertz CT molecular complexity index is 1080. The molecule has 1 saturated heterocycles. The van der Waals surface area contributed by atoms with E-state index in [2.05, 4.69) is 0 Å². The number of piperidine rings is 1. The van der Waals surface area contributed by atoms with E-state index in [1.807, 2.05) is 0 Å². The highest BCUT2D eigenvalue weighted by Crippen LogP contribution is 2.34. The Morgan fingerprint density at radius 1 is 0.971 bits per heavy atom. The van der Waals surface area contributed by atoms with Gasteiger partial charge in [-0.1, -0.05) is 0 Å². The molecule has 0 atom stereocenters. The number of methoxy groups -OCH3 is 1. The van der Waals surface area contributed by atoms with Crippen molar-refractivity contribution >= 4 is 16.0 Å². The summed E-state index contributed by atoms with van der Waals surface area (Å²) in [6.45, 7) is 1.87. The average Bonchev–Trinajstić information content (AvgIpc) is 3.12. The van der Waals surface area contributed by atoms with E-state index in [1.165, 1.54) is 16.4 Å². The molecule has 34 heavy (non-hydrogen) atoms. The van der Waals surface area contributed by atoms with Gasteiger partial charge in [0.25, 0.3) is 0 Å². The zero-order valence-electron chi connectivity index (χ0n) is 19.1. The first kappa shape index (κ1) is 24.2. The van der Waals surface area contributed by atoms with E-state index in [1.54, 1.807) is 37.4 Å². The number of esters is 1. The van der Waals surface area contributed by atoms with Gasteiger partial charge in [-0.15, -0.1) is 0 Å². The monoisotopic (exact) mass is 491 g/mol. The highest BCUT2D eigenvalue weighted by atomic mass is 32.2. The van der Waals surface area contributed by atoms with E-state index < -0.39 is 10.0 Å². The molecule has 0 amide bonds. The van der Waals surface area contributed by atoms with Crippen LogP contribution < -0.4 is 18.9 Å². The summed E-state index contributed by atoms with van der Waals surface area (Å²) in [7, 11) is -2.10. The minimum absolute atomic E-state index is 0.126. The number of nitrogens with zero attached hydrogens (tertiary/aromatic N) is 1. The third kappa shape index (κ3) is 5.74. The van der Waals surface area contributed by atoms with Crippen LogP contribution in [0.15, 0.2) is 47.4 Å². The van der Waals surface area contributed by atoms with Crippen LogP contribution in [0.3, 0.4) is 0 Å². The van der Waals surface area contributed by atoms with Crippen molar-refractivity contribution in [3.8, 4) is 23.0 Å². The number of benzene rings is 2. The minimum Gasteiger partial charge on any atom is -0.497 e. The molecule has 2 aromatic rings. The molecule has 0 saturated carbocycles. The van der Waals surface area contributed by atoms with Crippen molar-refractivity contribution in [2.24, 2.45) is 5.92 Å². The second-order valence-electron chi connectivity index (χ2n) is 8.03. The first-order valence-corrected chi connectivity index (χ1v) is 12.7. The normalized spacial score (nSPS) is 17.0. The van der Waals surface area contributed by atoms with Gasteiger partial charge in [-0.25, -0.2) is 8.42 Å². The number of hydrogen-bond donors (Lipinski definition) is 0. The molecule has 0 N–H and O–H groups in total. The largest absolute Gasteiger partial charge is 0.497 e. The fraction of sp³-hybridized carbons (Fsp3) is 0.458. The SMILES string of the molecule is COc1ccc(OCCOC(=O)C2CCN(S(=O)(=O)c3ccc4c(c3)OCCCO4)CC2)cc1. The molecule has 4 rings (SSSR count). The summed E-state index contributed by atoms with van der Waals surface area (Å²) in [5, 5.41) is 0. The molecule has 1 fully saturated rings. The first-order valence-electron chi connectivity index (χ1n) is 11.3. The third-order valence-corrected chi connectivity index (χ3v) is 7.69. The van der Waals surface area contributed by atoms with Gasteiger partial charge in [-0.05, 0) is 49.2 Å². The van der Waals surface area contributed by atoms with E-state index in [4.69, 9.17) is 23.7 Å². The van der Waals surface area contributed by atoms with E-state index in [9.17, 15) is 13.2 Å². The molecule has 0 aliphatic carbocycles. The molecule has 0 spiro atoms. The summed E-state index contributed by atoms with van der Waals surface area (Å²) in [4.78, 5) is 12.6. The van der Waals surface area contributed by atoms with Gasteiger partial charge in [0.2, 0.25) is 10.0 Å². The number of sulfonamides is 1. The van der Waals surface area contributed by atoms with Crippen LogP contribution in [0.25, 0.3) is 0 Å². The van der Waals surface area contributed by atoms with Crippen molar-refractivity contribution in [2.75, 3.05) is 46.6 Å². The van der Waals surface area contributed by atoms with Gasteiger partial charge in [-0.3, -0.25) is 4.79 Å². The van der Waals surface area contributed by atoms with E-state index in [-0.39, 0.29) is 43.1 Å². The molecule has 2 aromatic carbocycles. The van der Waals surface area contributed by atoms with Crippen molar-refractivity contribution in [2.45, 2.75) is 24.2 Å². The van der Waals surface area contributed by atoms with Crippen LogP contribution >= 0.6 is 0 Å². The van der Waals surface area contributed by atoms with Crippen LogP contribution in [0.5, 0.6) is 23.0 Å². The molecule has 0 aromatic heterocycles. The Kier molecular flexibility index (Phi) is 7.79. The molecule has 184 valence electrons. The minimum atomic E-state index is -3.70. The maximum absolute atomic E-state index is 13.1. The smallest absolute Gasteiger partial charge is 0.309 e. The van der Waals surface area contributed by atoms with Crippen molar-refractivity contribution in [1.29, 1.82) is 0 Å². The van der Waals surface area contributed by atoms with E-state index in [0.717, 1.165) is 12.2 Å². The van der Waals surface area contributed by atoms with Gasteiger partial charge >= 0.3 is 5.97 Å². The molecule has 0 radical (unpaired) electrons. The lowest BCUT2D eigenvalue weighted by Crippen LogP contribution is -2.40. The van der Waals surface area contributed by atoms with Crippen LogP contribution in [-0.2, 0) is 19.6 Å². The van der Waals surface area contributed by atoms with Gasteiger partial charge in [0.1, 0.15) is 24.7 Å². The zero-order chi connectivity index (χ0) is 24.0. The van der Waals surface area contributed by atoms with Crippen LogP contribution in [0.1, 0.15) is 19.3 Å². The molecule has 0 bridgehead atoms. The number of fused-ring (bicyclic) bond motifs is 1. The number of ether oxygens (including phenoxy) is 5. The van der Waals surface area contributed by atoms with Crippen molar-refractivity contribution in [3.05, 3.63) is 42.5 Å². The fourth-order valence-corrected chi connectivity index (χ4v) is 5.36.